The molecule has 0 aromatic heterocycles. The van der Waals surface area contributed by atoms with Crippen LogP contribution in [0.1, 0.15) is 32.8 Å². The van der Waals surface area contributed by atoms with E-state index in [1.54, 1.807) is 45.0 Å². The Hall–Kier alpha value is -1.36. The van der Waals surface area contributed by atoms with Gasteiger partial charge in [0.15, 0.2) is 9.84 Å². The zero-order valence-electron chi connectivity index (χ0n) is 11.6. The summed E-state index contributed by atoms with van der Waals surface area (Å²) in [5.74, 6) is 0.0269. The Kier molecular flexibility index (Phi) is 5.54. The van der Waals surface area contributed by atoms with Gasteiger partial charge in [0.1, 0.15) is 0 Å². The van der Waals surface area contributed by atoms with E-state index >= 15 is 0 Å². The lowest BCUT2D eigenvalue weighted by Gasteiger charge is -2.09. The molecule has 0 heterocycles. The zero-order valence-corrected chi connectivity index (χ0v) is 12.5. The smallest absolute Gasteiger partial charge is 0.219 e. The van der Waals surface area contributed by atoms with Crippen molar-refractivity contribution in [2.75, 3.05) is 6.54 Å². The summed E-state index contributed by atoms with van der Waals surface area (Å²) in [6.45, 7) is 5.72. The van der Waals surface area contributed by atoms with Crippen LogP contribution >= 0.6 is 0 Å². The van der Waals surface area contributed by atoms with Crippen molar-refractivity contribution >= 4 is 15.7 Å². The topological polar surface area (TPSA) is 63.2 Å². The van der Waals surface area contributed by atoms with E-state index in [-0.39, 0.29) is 5.91 Å². The predicted octanol–water partition coefficient (Wildman–Crippen LogP) is 1.94. The van der Waals surface area contributed by atoms with E-state index in [1.807, 2.05) is 0 Å². The first-order valence-corrected chi connectivity index (χ1v) is 8.02. The number of rotatable bonds is 6. The summed E-state index contributed by atoms with van der Waals surface area (Å²) in [6, 6.07) is 6.86. The highest BCUT2D eigenvalue weighted by Gasteiger charge is 2.18. The standard InChI is InChI=1S/C14H21NO3S/c1-4-14(16)15-10-9-12-5-7-13(8-6-12)19(17,18)11(2)3/h5-8,11H,4,9-10H2,1-3H3,(H,15,16). The highest BCUT2D eigenvalue weighted by molar-refractivity contribution is 7.92. The molecule has 0 radical (unpaired) electrons. The Morgan fingerprint density at radius 3 is 2.26 bits per heavy atom. The second-order valence-corrected chi connectivity index (χ2v) is 7.20. The predicted molar refractivity (Wildman–Crippen MR) is 75.8 cm³/mol. The van der Waals surface area contributed by atoms with Crippen molar-refractivity contribution in [3.05, 3.63) is 29.8 Å². The van der Waals surface area contributed by atoms with Gasteiger partial charge in [0.25, 0.3) is 0 Å². The minimum atomic E-state index is -3.20. The van der Waals surface area contributed by atoms with Gasteiger partial charge in [-0.3, -0.25) is 4.79 Å². The Balaban J connectivity index is 2.65. The fraction of sp³-hybridized carbons (Fsp3) is 0.500. The maximum atomic E-state index is 11.9. The van der Waals surface area contributed by atoms with Crippen LogP contribution in [-0.4, -0.2) is 26.1 Å². The SMILES string of the molecule is CCC(=O)NCCc1ccc(S(=O)(=O)C(C)C)cc1. The number of amides is 1. The molecule has 0 saturated heterocycles. The van der Waals surface area contributed by atoms with Crippen LogP contribution in [0.4, 0.5) is 0 Å². The first-order chi connectivity index (χ1) is 8.87. The van der Waals surface area contributed by atoms with E-state index in [2.05, 4.69) is 5.32 Å². The third-order valence-corrected chi connectivity index (χ3v) is 5.10. The molecular weight excluding hydrogens is 262 g/mol. The maximum Gasteiger partial charge on any atom is 0.219 e. The van der Waals surface area contributed by atoms with Crippen molar-refractivity contribution in [2.24, 2.45) is 0 Å². The van der Waals surface area contributed by atoms with Crippen LogP contribution in [0, 0.1) is 0 Å². The van der Waals surface area contributed by atoms with Crippen LogP contribution < -0.4 is 5.32 Å². The molecule has 4 nitrogen and oxygen atoms in total. The summed E-state index contributed by atoms with van der Waals surface area (Å²) < 4.78 is 23.9. The number of hydrogen-bond acceptors (Lipinski definition) is 3. The monoisotopic (exact) mass is 283 g/mol. The molecule has 19 heavy (non-hydrogen) atoms. The molecule has 0 unspecified atom stereocenters. The van der Waals surface area contributed by atoms with E-state index in [1.165, 1.54) is 0 Å². The Labute approximate surface area is 115 Å². The third kappa shape index (κ3) is 4.35. The quantitative estimate of drug-likeness (QED) is 0.867. The normalized spacial score (nSPS) is 11.6. The lowest BCUT2D eigenvalue weighted by atomic mass is 10.1. The number of sulfone groups is 1. The Bertz CT molecular complexity index is 518. The molecule has 0 aliphatic carbocycles. The number of carbonyl (C=O) groups excluding carboxylic acids is 1. The van der Waals surface area contributed by atoms with E-state index in [0.29, 0.717) is 24.3 Å². The summed E-state index contributed by atoms with van der Waals surface area (Å²) >= 11 is 0. The van der Waals surface area contributed by atoms with E-state index in [4.69, 9.17) is 0 Å². The van der Waals surface area contributed by atoms with Gasteiger partial charge >= 0.3 is 0 Å². The van der Waals surface area contributed by atoms with Crippen LogP contribution in [0.3, 0.4) is 0 Å². The zero-order chi connectivity index (χ0) is 14.5. The average molecular weight is 283 g/mol. The summed E-state index contributed by atoms with van der Waals surface area (Å²) in [6.07, 6.45) is 1.18. The minimum absolute atomic E-state index is 0.0269. The van der Waals surface area contributed by atoms with Crippen LogP contribution in [0.5, 0.6) is 0 Å². The first-order valence-electron chi connectivity index (χ1n) is 6.47. The number of hydrogen-bond donors (Lipinski definition) is 1. The van der Waals surface area contributed by atoms with Crippen molar-refractivity contribution < 1.29 is 13.2 Å². The van der Waals surface area contributed by atoms with Crippen LogP contribution in [0.2, 0.25) is 0 Å². The molecule has 106 valence electrons. The van der Waals surface area contributed by atoms with Crippen LogP contribution in [-0.2, 0) is 21.1 Å². The molecule has 0 atom stereocenters. The van der Waals surface area contributed by atoms with Crippen LogP contribution in [0.25, 0.3) is 0 Å². The van der Waals surface area contributed by atoms with Gasteiger partial charge < -0.3 is 5.32 Å². The van der Waals surface area contributed by atoms with Crippen molar-refractivity contribution in [3.63, 3.8) is 0 Å². The fourth-order valence-corrected chi connectivity index (χ4v) is 2.65. The van der Waals surface area contributed by atoms with E-state index in [0.717, 1.165) is 5.56 Å². The average Bonchev–Trinajstić information content (AvgIpc) is 2.39. The van der Waals surface area contributed by atoms with Gasteiger partial charge in [-0.05, 0) is 38.0 Å². The van der Waals surface area contributed by atoms with Gasteiger partial charge in [-0.2, -0.15) is 0 Å². The van der Waals surface area contributed by atoms with Crippen molar-refractivity contribution in [2.45, 2.75) is 43.8 Å². The number of nitrogens with one attached hydrogen (secondary N) is 1. The van der Waals surface area contributed by atoms with Gasteiger partial charge in [-0.25, -0.2) is 8.42 Å². The molecule has 0 aliphatic rings. The van der Waals surface area contributed by atoms with Crippen molar-refractivity contribution in [1.82, 2.24) is 5.32 Å². The molecule has 1 rings (SSSR count). The molecule has 0 bridgehead atoms. The van der Waals surface area contributed by atoms with Gasteiger partial charge in [-0.15, -0.1) is 0 Å². The largest absolute Gasteiger partial charge is 0.356 e. The molecule has 1 aromatic carbocycles. The molecule has 1 amide bonds. The van der Waals surface area contributed by atoms with Crippen molar-refractivity contribution in [1.29, 1.82) is 0 Å². The Morgan fingerprint density at radius 2 is 1.79 bits per heavy atom. The third-order valence-electron chi connectivity index (χ3n) is 2.93. The summed E-state index contributed by atoms with van der Waals surface area (Å²) in [5.41, 5.74) is 1.01. The summed E-state index contributed by atoms with van der Waals surface area (Å²) in [4.78, 5) is 11.4. The molecule has 0 spiro atoms. The Morgan fingerprint density at radius 1 is 1.21 bits per heavy atom. The highest BCUT2D eigenvalue weighted by Crippen LogP contribution is 2.16. The fourth-order valence-electron chi connectivity index (χ4n) is 1.59. The minimum Gasteiger partial charge on any atom is -0.356 e. The van der Waals surface area contributed by atoms with Gasteiger partial charge in [0.2, 0.25) is 5.91 Å². The van der Waals surface area contributed by atoms with Gasteiger partial charge in [0.05, 0.1) is 10.1 Å². The molecule has 0 aliphatic heterocycles. The lowest BCUT2D eigenvalue weighted by molar-refractivity contribution is -0.120. The summed E-state index contributed by atoms with van der Waals surface area (Å²) in [7, 11) is -3.20. The molecule has 0 fully saturated rings. The molecular formula is C14H21NO3S. The molecule has 5 heteroatoms. The molecule has 1 N–H and O–H groups in total. The van der Waals surface area contributed by atoms with Crippen molar-refractivity contribution in [3.8, 4) is 0 Å². The second kappa shape index (κ2) is 6.70. The second-order valence-electron chi connectivity index (χ2n) is 4.69. The number of carbonyl (C=O) groups is 1. The highest BCUT2D eigenvalue weighted by atomic mass is 32.2. The van der Waals surface area contributed by atoms with Gasteiger partial charge in [-0.1, -0.05) is 19.1 Å². The lowest BCUT2D eigenvalue weighted by Crippen LogP contribution is -2.24. The number of benzene rings is 1. The van der Waals surface area contributed by atoms with Gasteiger partial charge in [0, 0.05) is 13.0 Å². The molecule has 0 saturated carbocycles. The van der Waals surface area contributed by atoms with E-state index in [9.17, 15) is 13.2 Å². The first kappa shape index (κ1) is 15.7. The summed E-state index contributed by atoms with van der Waals surface area (Å²) in [5, 5.41) is 2.37. The van der Waals surface area contributed by atoms with E-state index < -0.39 is 15.1 Å². The maximum absolute atomic E-state index is 11.9. The molecule has 1 aromatic rings. The van der Waals surface area contributed by atoms with Crippen LogP contribution in [0.15, 0.2) is 29.2 Å².